The van der Waals surface area contributed by atoms with Gasteiger partial charge in [-0.15, -0.1) is 0 Å². The first-order chi connectivity index (χ1) is 6.80. The van der Waals surface area contributed by atoms with Gasteiger partial charge in [-0.3, -0.25) is 0 Å². The van der Waals surface area contributed by atoms with E-state index >= 15 is 0 Å². The summed E-state index contributed by atoms with van der Waals surface area (Å²) in [7, 11) is -4.38. The van der Waals surface area contributed by atoms with Crippen LogP contribution in [0.25, 0.3) is 0 Å². The summed E-state index contributed by atoms with van der Waals surface area (Å²) < 4.78 is 37.6. The Labute approximate surface area is 118 Å². The fourth-order valence-corrected chi connectivity index (χ4v) is 1.72. The summed E-state index contributed by atoms with van der Waals surface area (Å²) in [5.41, 5.74) is 0.639. The van der Waals surface area contributed by atoms with Gasteiger partial charge in [0, 0.05) is 0 Å². The van der Waals surface area contributed by atoms with Crippen LogP contribution < -0.4 is 34.3 Å². The molecule has 4 nitrogen and oxygen atoms in total. The predicted octanol–water partition coefficient (Wildman–Crippen LogP) is -1.31. The summed E-state index contributed by atoms with van der Waals surface area (Å²) in [5, 5.41) is 0. The minimum atomic E-state index is -4.38. The molecule has 0 radical (unpaired) electrons. The second kappa shape index (κ2) is 6.02. The van der Waals surface area contributed by atoms with Crippen molar-refractivity contribution in [3.63, 3.8) is 0 Å². The van der Waals surface area contributed by atoms with Gasteiger partial charge in [-0.25, -0.2) is 8.42 Å². The summed E-state index contributed by atoms with van der Waals surface area (Å²) in [6.07, 6.45) is 0.0124. The van der Waals surface area contributed by atoms with E-state index in [0.717, 1.165) is 0 Å². The van der Waals surface area contributed by atoms with Crippen LogP contribution in [0.2, 0.25) is 0 Å². The summed E-state index contributed by atoms with van der Waals surface area (Å²) in [4.78, 5) is -0.226. The quantitative estimate of drug-likeness (QED) is 0.495. The van der Waals surface area contributed by atoms with Crippen LogP contribution >= 0.6 is 0 Å². The third-order valence-corrected chi connectivity index (χ3v) is 2.63. The van der Waals surface area contributed by atoms with Gasteiger partial charge in [-0.05, 0) is 44.5 Å². The minimum absolute atomic E-state index is 0. The Morgan fingerprint density at radius 1 is 1.31 bits per heavy atom. The van der Waals surface area contributed by atoms with Gasteiger partial charge in [0.05, 0.1) is 11.0 Å². The molecule has 0 bridgehead atoms. The van der Waals surface area contributed by atoms with Gasteiger partial charge >= 0.3 is 29.6 Å². The van der Waals surface area contributed by atoms with E-state index in [-0.39, 0.29) is 40.6 Å². The van der Waals surface area contributed by atoms with Crippen molar-refractivity contribution in [3.8, 4) is 5.75 Å². The van der Waals surface area contributed by atoms with Crippen LogP contribution in [0.1, 0.15) is 19.4 Å². The number of aryl methyl sites for hydroxylation is 1. The van der Waals surface area contributed by atoms with E-state index in [9.17, 15) is 13.0 Å². The Balaban J connectivity index is 0.00000225. The van der Waals surface area contributed by atoms with Crippen molar-refractivity contribution in [2.45, 2.75) is 31.8 Å². The van der Waals surface area contributed by atoms with Gasteiger partial charge < -0.3 is 9.29 Å². The van der Waals surface area contributed by atoms with Crippen LogP contribution in [0.3, 0.4) is 0 Å². The SMILES string of the molecule is Cc1cc(S(=O)(=O)[O-])ccc1OC(C)C.[Na+]. The van der Waals surface area contributed by atoms with Crippen LogP contribution in [0.15, 0.2) is 23.1 Å². The van der Waals surface area contributed by atoms with E-state index < -0.39 is 10.1 Å². The summed E-state index contributed by atoms with van der Waals surface area (Å²) in [5.74, 6) is 0.595. The molecular weight excluding hydrogens is 239 g/mol. The Morgan fingerprint density at radius 2 is 1.88 bits per heavy atom. The maximum atomic E-state index is 10.7. The summed E-state index contributed by atoms with van der Waals surface area (Å²) in [6.45, 7) is 5.45. The van der Waals surface area contributed by atoms with Crippen molar-refractivity contribution in [1.82, 2.24) is 0 Å². The first-order valence-electron chi connectivity index (χ1n) is 4.54. The zero-order chi connectivity index (χ0) is 11.6. The molecule has 1 aromatic rings. The van der Waals surface area contributed by atoms with Gasteiger partial charge in [0.1, 0.15) is 15.9 Å². The molecule has 1 aromatic carbocycles. The first kappa shape index (κ1) is 15.9. The molecule has 0 aliphatic carbocycles. The van der Waals surface area contributed by atoms with Gasteiger partial charge in [0.2, 0.25) is 0 Å². The summed E-state index contributed by atoms with van der Waals surface area (Å²) >= 11 is 0. The van der Waals surface area contributed by atoms with E-state index in [1.165, 1.54) is 18.2 Å². The van der Waals surface area contributed by atoms with Crippen LogP contribution in [0.4, 0.5) is 0 Å². The van der Waals surface area contributed by atoms with E-state index in [1.807, 2.05) is 13.8 Å². The number of rotatable bonds is 3. The number of benzene rings is 1. The minimum Gasteiger partial charge on any atom is -0.744 e. The maximum Gasteiger partial charge on any atom is 1.00 e. The molecule has 0 aliphatic rings. The van der Waals surface area contributed by atoms with Crippen LogP contribution in [-0.4, -0.2) is 19.1 Å². The van der Waals surface area contributed by atoms with Gasteiger partial charge in [0.25, 0.3) is 0 Å². The van der Waals surface area contributed by atoms with Crippen molar-refractivity contribution in [2.24, 2.45) is 0 Å². The molecule has 84 valence electrons. The molecule has 0 N–H and O–H groups in total. The third-order valence-electron chi connectivity index (χ3n) is 1.80. The number of hydrogen-bond donors (Lipinski definition) is 0. The van der Waals surface area contributed by atoms with Crippen molar-refractivity contribution in [1.29, 1.82) is 0 Å². The zero-order valence-corrected chi connectivity index (χ0v) is 12.7. The molecule has 0 saturated heterocycles. The molecule has 6 heteroatoms. The zero-order valence-electron chi connectivity index (χ0n) is 9.85. The van der Waals surface area contributed by atoms with Crippen molar-refractivity contribution in [3.05, 3.63) is 23.8 Å². The standard InChI is InChI=1S/C10H14O4S.Na/c1-7(2)14-10-5-4-9(6-8(10)3)15(11,12)13;/h4-7H,1-3H3,(H,11,12,13);/q;+1/p-1. The van der Waals surface area contributed by atoms with Gasteiger partial charge in [0.15, 0.2) is 0 Å². The van der Waals surface area contributed by atoms with Gasteiger partial charge in [-0.1, -0.05) is 0 Å². The predicted molar refractivity (Wildman–Crippen MR) is 54.9 cm³/mol. The third kappa shape index (κ3) is 4.43. The Hall–Kier alpha value is -0.0700. The second-order valence-corrected chi connectivity index (χ2v) is 4.93. The molecule has 0 aromatic heterocycles. The van der Waals surface area contributed by atoms with Gasteiger partial charge in [-0.2, -0.15) is 0 Å². The molecule has 0 aliphatic heterocycles. The van der Waals surface area contributed by atoms with Crippen molar-refractivity contribution < 1.29 is 47.3 Å². The molecule has 0 fully saturated rings. The van der Waals surface area contributed by atoms with E-state index in [1.54, 1.807) is 6.92 Å². The number of hydrogen-bond acceptors (Lipinski definition) is 4. The molecule has 0 heterocycles. The Morgan fingerprint density at radius 3 is 2.25 bits per heavy atom. The molecular formula is C10H13NaO4S. The summed E-state index contributed by atoms with van der Waals surface area (Å²) in [6, 6.07) is 4.08. The second-order valence-electron chi connectivity index (χ2n) is 3.55. The fraction of sp³-hybridized carbons (Fsp3) is 0.400. The molecule has 0 atom stereocenters. The smallest absolute Gasteiger partial charge is 0.744 e. The number of ether oxygens (including phenoxy) is 1. The Kier molecular flexibility index (Phi) is 6.00. The topological polar surface area (TPSA) is 66.4 Å². The van der Waals surface area contributed by atoms with E-state index in [2.05, 4.69) is 0 Å². The average Bonchev–Trinajstić information content (AvgIpc) is 2.05. The first-order valence-corrected chi connectivity index (χ1v) is 5.94. The molecule has 0 amide bonds. The molecule has 0 spiro atoms. The molecule has 0 saturated carbocycles. The van der Waals surface area contributed by atoms with Crippen molar-refractivity contribution in [2.75, 3.05) is 0 Å². The maximum absolute atomic E-state index is 10.7. The largest absolute Gasteiger partial charge is 1.00 e. The fourth-order valence-electron chi connectivity index (χ4n) is 1.16. The van der Waals surface area contributed by atoms with Crippen LogP contribution in [0, 0.1) is 6.92 Å². The van der Waals surface area contributed by atoms with E-state index in [4.69, 9.17) is 4.74 Å². The van der Waals surface area contributed by atoms with Crippen LogP contribution in [0.5, 0.6) is 5.75 Å². The Bertz CT molecular complexity index is 454. The van der Waals surface area contributed by atoms with Crippen LogP contribution in [-0.2, 0) is 10.1 Å². The monoisotopic (exact) mass is 252 g/mol. The molecule has 0 unspecified atom stereocenters. The van der Waals surface area contributed by atoms with Crippen molar-refractivity contribution >= 4 is 10.1 Å². The van der Waals surface area contributed by atoms with E-state index in [0.29, 0.717) is 11.3 Å². The normalized spacial score (nSPS) is 11.1. The average molecular weight is 252 g/mol. The molecule has 16 heavy (non-hydrogen) atoms. The molecule has 1 rings (SSSR count).